The summed E-state index contributed by atoms with van der Waals surface area (Å²) in [5.74, 6) is 0. The summed E-state index contributed by atoms with van der Waals surface area (Å²) in [6.07, 6.45) is 5.64. The highest BCUT2D eigenvalue weighted by Crippen LogP contribution is 2.32. The Labute approximate surface area is 122 Å². The molecule has 2 aromatic rings. The number of aromatic nitrogens is 1. The smallest absolute Gasteiger partial charge is 0.318 e. The molecular formula is C15H17N3OS. The summed E-state index contributed by atoms with van der Waals surface area (Å²) in [4.78, 5) is 18.3. The van der Waals surface area contributed by atoms with E-state index in [1.807, 2.05) is 17.0 Å². The average Bonchev–Trinajstić information content (AvgIpc) is 3.15. The van der Waals surface area contributed by atoms with E-state index in [9.17, 15) is 4.79 Å². The van der Waals surface area contributed by atoms with Crippen LogP contribution in [0.1, 0.15) is 30.0 Å². The molecule has 104 valence electrons. The molecule has 2 amide bonds. The Morgan fingerprint density at radius 2 is 2.45 bits per heavy atom. The van der Waals surface area contributed by atoms with Gasteiger partial charge in [0, 0.05) is 25.5 Å². The number of nitrogens with zero attached hydrogens (tertiary/aromatic N) is 2. The van der Waals surface area contributed by atoms with Gasteiger partial charge in [0.15, 0.2) is 0 Å². The van der Waals surface area contributed by atoms with E-state index in [0.29, 0.717) is 6.54 Å². The molecule has 0 saturated carbocycles. The third-order valence-corrected chi connectivity index (χ3v) is 4.31. The fourth-order valence-corrected chi connectivity index (χ4v) is 3.31. The van der Waals surface area contributed by atoms with Gasteiger partial charge in [-0.1, -0.05) is 6.07 Å². The highest BCUT2D eigenvalue weighted by molar-refractivity contribution is 7.07. The third-order valence-electron chi connectivity index (χ3n) is 3.61. The highest BCUT2D eigenvalue weighted by atomic mass is 32.1. The van der Waals surface area contributed by atoms with Gasteiger partial charge >= 0.3 is 6.03 Å². The predicted octanol–water partition coefficient (Wildman–Crippen LogP) is 3.19. The number of thiophene rings is 1. The number of carbonyl (C=O) groups is 1. The monoisotopic (exact) mass is 287 g/mol. The fraction of sp³-hybridized carbons (Fsp3) is 0.333. The first kappa shape index (κ1) is 13.1. The minimum absolute atomic E-state index is 0.0163. The first-order valence-corrected chi connectivity index (χ1v) is 7.74. The lowest BCUT2D eigenvalue weighted by Crippen LogP contribution is -2.39. The van der Waals surface area contributed by atoms with Crippen LogP contribution in [-0.2, 0) is 6.54 Å². The summed E-state index contributed by atoms with van der Waals surface area (Å²) in [7, 11) is 0. The first-order valence-electron chi connectivity index (χ1n) is 6.80. The van der Waals surface area contributed by atoms with E-state index in [0.717, 1.165) is 24.9 Å². The number of amides is 2. The van der Waals surface area contributed by atoms with Crippen LogP contribution in [0.2, 0.25) is 0 Å². The number of likely N-dealkylation sites (tertiary alicyclic amines) is 1. The molecule has 4 nitrogen and oxygen atoms in total. The molecule has 0 bridgehead atoms. The summed E-state index contributed by atoms with van der Waals surface area (Å²) in [6, 6.07) is 6.21. The SMILES string of the molecule is O=C(NCc1cccnc1)N1CCC[C@H]1c1ccsc1. The van der Waals surface area contributed by atoms with Crippen LogP contribution < -0.4 is 5.32 Å². The first-order chi connectivity index (χ1) is 9.84. The molecule has 0 aromatic carbocycles. The summed E-state index contributed by atoms with van der Waals surface area (Å²) in [5.41, 5.74) is 2.27. The Kier molecular flexibility index (Phi) is 3.97. The molecule has 3 rings (SSSR count). The number of rotatable bonds is 3. The molecule has 1 atom stereocenters. The molecule has 0 radical (unpaired) electrons. The maximum Gasteiger partial charge on any atom is 0.318 e. The van der Waals surface area contributed by atoms with Crippen LogP contribution in [-0.4, -0.2) is 22.5 Å². The van der Waals surface area contributed by atoms with Crippen LogP contribution in [0.4, 0.5) is 4.79 Å². The van der Waals surface area contributed by atoms with Crippen LogP contribution in [0.5, 0.6) is 0 Å². The predicted molar refractivity (Wildman–Crippen MR) is 79.5 cm³/mol. The standard InChI is InChI=1S/C15H17N3OS/c19-15(17-10-12-3-1-6-16-9-12)18-7-2-4-14(18)13-5-8-20-11-13/h1,3,5-6,8-9,11,14H,2,4,7,10H2,(H,17,19)/t14-/m0/s1. The largest absolute Gasteiger partial charge is 0.334 e. The van der Waals surface area contributed by atoms with Crippen molar-refractivity contribution in [1.29, 1.82) is 0 Å². The topological polar surface area (TPSA) is 45.2 Å². The van der Waals surface area contributed by atoms with Gasteiger partial charge in [0.05, 0.1) is 6.04 Å². The van der Waals surface area contributed by atoms with E-state index >= 15 is 0 Å². The molecule has 0 spiro atoms. The van der Waals surface area contributed by atoms with Crippen molar-refractivity contribution in [3.63, 3.8) is 0 Å². The zero-order chi connectivity index (χ0) is 13.8. The number of carbonyl (C=O) groups excluding carboxylic acids is 1. The van der Waals surface area contributed by atoms with Crippen LogP contribution in [0.3, 0.4) is 0 Å². The summed E-state index contributed by atoms with van der Waals surface area (Å²) >= 11 is 1.68. The van der Waals surface area contributed by atoms with Crippen molar-refractivity contribution in [2.75, 3.05) is 6.54 Å². The van der Waals surface area contributed by atoms with Crippen molar-refractivity contribution in [3.05, 3.63) is 52.5 Å². The minimum Gasteiger partial charge on any atom is -0.334 e. The van der Waals surface area contributed by atoms with Crippen molar-refractivity contribution in [3.8, 4) is 0 Å². The van der Waals surface area contributed by atoms with Crippen LogP contribution in [0.25, 0.3) is 0 Å². The van der Waals surface area contributed by atoms with Gasteiger partial charge in [0.25, 0.3) is 0 Å². The van der Waals surface area contributed by atoms with Gasteiger partial charge in [-0.2, -0.15) is 11.3 Å². The minimum atomic E-state index is 0.0163. The molecule has 0 aliphatic carbocycles. The van der Waals surface area contributed by atoms with Gasteiger partial charge in [-0.25, -0.2) is 4.79 Å². The number of hydrogen-bond donors (Lipinski definition) is 1. The molecule has 3 heterocycles. The van der Waals surface area contributed by atoms with Crippen molar-refractivity contribution >= 4 is 17.4 Å². The van der Waals surface area contributed by atoms with Gasteiger partial charge in [-0.15, -0.1) is 0 Å². The summed E-state index contributed by atoms with van der Waals surface area (Å²) in [6.45, 7) is 1.36. The van der Waals surface area contributed by atoms with Crippen molar-refractivity contribution in [2.45, 2.75) is 25.4 Å². The molecule has 1 aliphatic rings. The number of pyridine rings is 1. The highest BCUT2D eigenvalue weighted by Gasteiger charge is 2.29. The molecule has 1 saturated heterocycles. The van der Waals surface area contributed by atoms with E-state index in [-0.39, 0.29) is 12.1 Å². The number of hydrogen-bond acceptors (Lipinski definition) is 3. The molecule has 20 heavy (non-hydrogen) atoms. The quantitative estimate of drug-likeness (QED) is 0.942. The molecule has 5 heteroatoms. The molecular weight excluding hydrogens is 270 g/mol. The number of urea groups is 1. The second-order valence-corrected chi connectivity index (χ2v) is 5.71. The molecule has 2 aromatic heterocycles. The summed E-state index contributed by atoms with van der Waals surface area (Å²) < 4.78 is 0. The van der Waals surface area contributed by atoms with E-state index in [2.05, 4.69) is 27.1 Å². The molecule has 1 fully saturated rings. The zero-order valence-electron chi connectivity index (χ0n) is 11.2. The van der Waals surface area contributed by atoms with E-state index in [1.54, 1.807) is 23.7 Å². The van der Waals surface area contributed by atoms with Crippen molar-refractivity contribution in [2.24, 2.45) is 0 Å². The lowest BCUT2D eigenvalue weighted by Gasteiger charge is -2.24. The fourth-order valence-electron chi connectivity index (χ4n) is 2.60. The maximum absolute atomic E-state index is 12.3. The Morgan fingerprint density at radius 1 is 1.50 bits per heavy atom. The Hall–Kier alpha value is -1.88. The Bertz CT molecular complexity index is 556. The zero-order valence-corrected chi connectivity index (χ0v) is 12.0. The van der Waals surface area contributed by atoms with Gasteiger partial charge in [0.2, 0.25) is 0 Å². The van der Waals surface area contributed by atoms with Gasteiger partial charge in [0.1, 0.15) is 0 Å². The van der Waals surface area contributed by atoms with Crippen LogP contribution in [0.15, 0.2) is 41.4 Å². The molecule has 1 N–H and O–H groups in total. The van der Waals surface area contributed by atoms with Crippen molar-refractivity contribution in [1.82, 2.24) is 15.2 Å². The van der Waals surface area contributed by atoms with Crippen molar-refractivity contribution < 1.29 is 4.79 Å². The van der Waals surface area contributed by atoms with Crippen LogP contribution >= 0.6 is 11.3 Å². The lowest BCUT2D eigenvalue weighted by atomic mass is 10.1. The Balaban J connectivity index is 1.62. The third kappa shape index (κ3) is 2.82. The van der Waals surface area contributed by atoms with Gasteiger partial charge in [-0.3, -0.25) is 4.98 Å². The summed E-state index contributed by atoms with van der Waals surface area (Å²) in [5, 5.41) is 7.19. The number of nitrogens with one attached hydrogen (secondary N) is 1. The second-order valence-electron chi connectivity index (χ2n) is 4.93. The van der Waals surface area contributed by atoms with E-state index in [4.69, 9.17) is 0 Å². The van der Waals surface area contributed by atoms with E-state index in [1.165, 1.54) is 5.56 Å². The van der Waals surface area contributed by atoms with Crippen LogP contribution in [0, 0.1) is 0 Å². The Morgan fingerprint density at radius 3 is 3.20 bits per heavy atom. The molecule has 1 aliphatic heterocycles. The van der Waals surface area contributed by atoms with Gasteiger partial charge in [-0.05, 0) is 46.9 Å². The lowest BCUT2D eigenvalue weighted by molar-refractivity contribution is 0.192. The normalized spacial score (nSPS) is 18.2. The maximum atomic E-state index is 12.3. The van der Waals surface area contributed by atoms with Gasteiger partial charge < -0.3 is 10.2 Å². The van der Waals surface area contributed by atoms with E-state index < -0.39 is 0 Å². The molecule has 0 unspecified atom stereocenters. The average molecular weight is 287 g/mol. The second kappa shape index (κ2) is 6.05.